The minimum atomic E-state index is -0.00697. The number of benzene rings is 2. The van der Waals surface area contributed by atoms with E-state index in [-0.39, 0.29) is 5.91 Å². The molecule has 0 radical (unpaired) electrons. The highest BCUT2D eigenvalue weighted by Gasteiger charge is 2.15. The quantitative estimate of drug-likeness (QED) is 0.620. The van der Waals surface area contributed by atoms with Crippen LogP contribution in [0.25, 0.3) is 22.2 Å². The fraction of sp³-hybridized carbons (Fsp3) is 0.333. The van der Waals surface area contributed by atoms with Crippen molar-refractivity contribution in [2.45, 2.75) is 13.3 Å². The smallest absolute Gasteiger partial charge is 0.224 e. The number of rotatable bonds is 8. The average molecular weight is 408 g/mol. The Morgan fingerprint density at radius 1 is 1.17 bits per heavy atom. The molecule has 0 bridgehead atoms. The summed E-state index contributed by atoms with van der Waals surface area (Å²) in [5.74, 6) is 1.38. The van der Waals surface area contributed by atoms with Crippen molar-refractivity contribution in [1.29, 1.82) is 0 Å². The normalized spacial score (nSPS) is 11.0. The van der Waals surface area contributed by atoms with Crippen LogP contribution in [0.4, 0.5) is 0 Å². The standard InChI is InChI=1S/C24H29N3O3/c1-16-13-21(26-20-10-9-17(14-19(16)20)15-23(28)25-2)18-7-6-8-22(29-5)24(18)30-12-11-27(3)4/h6-10,13-14H,11-12,15H2,1-5H3,(H,25,28). The first-order valence-electron chi connectivity index (χ1n) is 9.98. The third kappa shape index (κ3) is 4.89. The fourth-order valence-corrected chi connectivity index (χ4v) is 3.32. The van der Waals surface area contributed by atoms with Crippen LogP contribution in [0.1, 0.15) is 11.1 Å². The number of carbonyl (C=O) groups excluding carboxylic acids is 1. The molecule has 0 aliphatic rings. The monoisotopic (exact) mass is 407 g/mol. The number of aryl methyl sites for hydroxylation is 1. The Hall–Kier alpha value is -3.12. The maximum Gasteiger partial charge on any atom is 0.224 e. The van der Waals surface area contributed by atoms with Crippen LogP contribution < -0.4 is 14.8 Å². The summed E-state index contributed by atoms with van der Waals surface area (Å²) >= 11 is 0. The lowest BCUT2D eigenvalue weighted by Gasteiger charge is -2.17. The molecule has 1 N–H and O–H groups in total. The van der Waals surface area contributed by atoms with Gasteiger partial charge in [-0.05, 0) is 62.5 Å². The van der Waals surface area contributed by atoms with Gasteiger partial charge in [-0.2, -0.15) is 0 Å². The summed E-state index contributed by atoms with van der Waals surface area (Å²) in [7, 11) is 7.32. The number of ether oxygens (including phenoxy) is 2. The Morgan fingerprint density at radius 3 is 2.67 bits per heavy atom. The number of aromatic nitrogens is 1. The van der Waals surface area contributed by atoms with Crippen molar-refractivity contribution in [2.75, 3.05) is 41.4 Å². The van der Waals surface area contributed by atoms with Crippen molar-refractivity contribution in [3.05, 3.63) is 53.6 Å². The molecule has 6 heteroatoms. The highest BCUT2D eigenvalue weighted by Crippen LogP contribution is 2.38. The third-order valence-electron chi connectivity index (χ3n) is 4.98. The van der Waals surface area contributed by atoms with Gasteiger partial charge in [-0.25, -0.2) is 4.98 Å². The zero-order valence-corrected chi connectivity index (χ0v) is 18.3. The summed E-state index contributed by atoms with van der Waals surface area (Å²) in [5, 5.41) is 3.70. The van der Waals surface area contributed by atoms with Gasteiger partial charge in [0.2, 0.25) is 5.91 Å². The SMILES string of the molecule is CNC(=O)Cc1ccc2nc(-c3cccc(OC)c3OCCN(C)C)cc(C)c2c1. The summed E-state index contributed by atoms with van der Waals surface area (Å²) in [6.45, 7) is 3.41. The van der Waals surface area contributed by atoms with Gasteiger partial charge >= 0.3 is 0 Å². The summed E-state index contributed by atoms with van der Waals surface area (Å²) < 4.78 is 11.6. The number of hydrogen-bond donors (Lipinski definition) is 1. The van der Waals surface area contributed by atoms with Crippen molar-refractivity contribution >= 4 is 16.8 Å². The lowest BCUT2D eigenvalue weighted by Crippen LogP contribution is -2.19. The second-order valence-electron chi connectivity index (χ2n) is 7.51. The van der Waals surface area contributed by atoms with E-state index >= 15 is 0 Å². The zero-order valence-electron chi connectivity index (χ0n) is 18.3. The maximum absolute atomic E-state index is 11.7. The number of para-hydroxylation sites is 1. The molecule has 0 saturated carbocycles. The lowest BCUT2D eigenvalue weighted by atomic mass is 10.0. The molecule has 6 nitrogen and oxygen atoms in total. The van der Waals surface area contributed by atoms with E-state index in [4.69, 9.17) is 14.5 Å². The number of hydrogen-bond acceptors (Lipinski definition) is 5. The molecule has 0 fully saturated rings. The number of nitrogens with one attached hydrogen (secondary N) is 1. The Balaban J connectivity index is 2.02. The van der Waals surface area contributed by atoms with Gasteiger partial charge in [-0.1, -0.05) is 12.1 Å². The summed E-state index contributed by atoms with van der Waals surface area (Å²) in [6, 6.07) is 13.9. The second-order valence-corrected chi connectivity index (χ2v) is 7.51. The Labute approximate surface area is 177 Å². The van der Waals surface area contributed by atoms with E-state index < -0.39 is 0 Å². The van der Waals surface area contributed by atoms with Gasteiger partial charge in [-0.3, -0.25) is 4.79 Å². The van der Waals surface area contributed by atoms with Crippen LogP contribution in [0, 0.1) is 6.92 Å². The minimum Gasteiger partial charge on any atom is -0.493 e. The number of methoxy groups -OCH3 is 1. The zero-order chi connectivity index (χ0) is 21.7. The third-order valence-corrected chi connectivity index (χ3v) is 4.98. The molecule has 3 rings (SSSR count). The van der Waals surface area contributed by atoms with Gasteiger partial charge in [0, 0.05) is 24.5 Å². The molecule has 30 heavy (non-hydrogen) atoms. The van der Waals surface area contributed by atoms with E-state index in [0.717, 1.165) is 39.8 Å². The molecule has 0 atom stereocenters. The van der Waals surface area contributed by atoms with E-state index in [1.807, 2.05) is 50.5 Å². The number of amides is 1. The van der Waals surface area contributed by atoms with Gasteiger partial charge in [0.25, 0.3) is 0 Å². The number of pyridine rings is 1. The molecule has 1 heterocycles. The fourth-order valence-electron chi connectivity index (χ4n) is 3.32. The van der Waals surface area contributed by atoms with Crippen LogP contribution in [0.2, 0.25) is 0 Å². The molecule has 1 amide bonds. The Morgan fingerprint density at radius 2 is 1.97 bits per heavy atom. The van der Waals surface area contributed by atoms with Crippen molar-refractivity contribution in [1.82, 2.24) is 15.2 Å². The van der Waals surface area contributed by atoms with Crippen molar-refractivity contribution in [2.24, 2.45) is 0 Å². The molecule has 0 spiro atoms. The molecule has 0 saturated heterocycles. The molecule has 0 aliphatic carbocycles. The highest BCUT2D eigenvalue weighted by atomic mass is 16.5. The number of carbonyl (C=O) groups is 1. The van der Waals surface area contributed by atoms with Crippen molar-refractivity contribution in [3.63, 3.8) is 0 Å². The number of likely N-dealkylation sites (N-methyl/N-ethyl adjacent to an activating group) is 2. The van der Waals surface area contributed by atoms with Crippen molar-refractivity contribution in [3.8, 4) is 22.8 Å². The largest absolute Gasteiger partial charge is 0.493 e. The van der Waals surface area contributed by atoms with Gasteiger partial charge in [0.15, 0.2) is 11.5 Å². The molecule has 0 unspecified atom stereocenters. The Kier molecular flexibility index (Phi) is 6.90. The van der Waals surface area contributed by atoms with Gasteiger partial charge in [0.1, 0.15) is 6.61 Å². The summed E-state index contributed by atoms with van der Waals surface area (Å²) in [4.78, 5) is 18.7. The maximum atomic E-state index is 11.7. The van der Waals surface area contributed by atoms with Crippen LogP contribution in [0.15, 0.2) is 42.5 Å². The first kappa shape index (κ1) is 21.6. The molecular formula is C24H29N3O3. The predicted octanol–water partition coefficient (Wildman–Crippen LogP) is 3.45. The van der Waals surface area contributed by atoms with E-state index in [1.165, 1.54) is 0 Å². The first-order valence-corrected chi connectivity index (χ1v) is 9.98. The van der Waals surface area contributed by atoms with Gasteiger partial charge < -0.3 is 19.7 Å². The van der Waals surface area contributed by atoms with Crippen LogP contribution in [0.3, 0.4) is 0 Å². The predicted molar refractivity (Wildman–Crippen MR) is 120 cm³/mol. The van der Waals surface area contributed by atoms with E-state index in [9.17, 15) is 4.79 Å². The van der Waals surface area contributed by atoms with Gasteiger partial charge in [0.05, 0.1) is 24.7 Å². The van der Waals surface area contributed by atoms with Gasteiger partial charge in [-0.15, -0.1) is 0 Å². The van der Waals surface area contributed by atoms with Crippen molar-refractivity contribution < 1.29 is 14.3 Å². The van der Waals surface area contributed by atoms with Crippen LogP contribution in [-0.2, 0) is 11.2 Å². The van der Waals surface area contributed by atoms with Crippen LogP contribution in [-0.4, -0.2) is 57.2 Å². The average Bonchev–Trinajstić information content (AvgIpc) is 2.73. The molecular weight excluding hydrogens is 378 g/mol. The summed E-state index contributed by atoms with van der Waals surface area (Å²) in [5.41, 5.74) is 4.67. The summed E-state index contributed by atoms with van der Waals surface area (Å²) in [6.07, 6.45) is 0.355. The molecule has 158 valence electrons. The first-order chi connectivity index (χ1) is 14.4. The van der Waals surface area contributed by atoms with E-state index in [0.29, 0.717) is 24.5 Å². The molecule has 0 aliphatic heterocycles. The van der Waals surface area contributed by atoms with Crippen LogP contribution in [0.5, 0.6) is 11.5 Å². The topological polar surface area (TPSA) is 63.7 Å². The molecule has 1 aromatic heterocycles. The number of nitrogens with zero attached hydrogens (tertiary/aromatic N) is 2. The molecule has 3 aromatic rings. The van der Waals surface area contributed by atoms with E-state index in [1.54, 1.807) is 14.2 Å². The lowest BCUT2D eigenvalue weighted by molar-refractivity contribution is -0.119. The number of fused-ring (bicyclic) bond motifs is 1. The van der Waals surface area contributed by atoms with E-state index in [2.05, 4.69) is 23.2 Å². The molecule has 2 aromatic carbocycles. The Bertz CT molecular complexity index is 1050. The van der Waals surface area contributed by atoms with Crippen LogP contribution >= 0.6 is 0 Å². The minimum absolute atomic E-state index is 0.00697. The second kappa shape index (κ2) is 9.59. The highest BCUT2D eigenvalue weighted by molar-refractivity contribution is 5.88.